The standard InChI is InChI=1S/C9H12N4OS/c10-8(15)7-1-2-11-12-9(7)13-3-5-14-6-4-13/h1-2H,3-6H2,(H2,10,15). The van der Waals surface area contributed by atoms with E-state index in [9.17, 15) is 0 Å². The zero-order valence-corrected chi connectivity index (χ0v) is 9.04. The van der Waals surface area contributed by atoms with Gasteiger partial charge in [-0.1, -0.05) is 12.2 Å². The molecule has 0 aliphatic carbocycles. The summed E-state index contributed by atoms with van der Waals surface area (Å²) in [4.78, 5) is 2.44. The molecule has 0 radical (unpaired) electrons. The Kier molecular flexibility index (Phi) is 3.08. The second-order valence-corrected chi connectivity index (χ2v) is 3.67. The predicted molar refractivity (Wildman–Crippen MR) is 61.0 cm³/mol. The highest BCUT2D eigenvalue weighted by atomic mass is 32.1. The number of nitrogens with zero attached hydrogens (tertiary/aromatic N) is 3. The van der Waals surface area contributed by atoms with Crippen molar-refractivity contribution in [1.82, 2.24) is 10.2 Å². The molecule has 5 nitrogen and oxygen atoms in total. The Morgan fingerprint density at radius 1 is 1.47 bits per heavy atom. The molecule has 15 heavy (non-hydrogen) atoms. The van der Waals surface area contributed by atoms with Gasteiger partial charge in [0, 0.05) is 13.1 Å². The first-order valence-electron chi connectivity index (χ1n) is 4.73. The molecule has 0 saturated carbocycles. The molecule has 2 N–H and O–H groups in total. The van der Waals surface area contributed by atoms with E-state index in [0.29, 0.717) is 18.2 Å². The van der Waals surface area contributed by atoms with Gasteiger partial charge in [0.25, 0.3) is 0 Å². The van der Waals surface area contributed by atoms with Crippen LogP contribution in [0.25, 0.3) is 0 Å². The molecule has 1 aromatic heterocycles. The number of aromatic nitrogens is 2. The molecule has 1 aromatic rings. The smallest absolute Gasteiger partial charge is 0.161 e. The zero-order chi connectivity index (χ0) is 10.7. The van der Waals surface area contributed by atoms with E-state index in [4.69, 9.17) is 22.7 Å². The summed E-state index contributed by atoms with van der Waals surface area (Å²) in [5.41, 5.74) is 6.41. The summed E-state index contributed by atoms with van der Waals surface area (Å²) < 4.78 is 5.27. The van der Waals surface area contributed by atoms with E-state index in [1.54, 1.807) is 12.3 Å². The molecule has 0 bridgehead atoms. The molecule has 0 aromatic carbocycles. The number of morpholine rings is 1. The Labute approximate surface area is 93.2 Å². The molecule has 1 aliphatic rings. The molecule has 1 fully saturated rings. The van der Waals surface area contributed by atoms with Crippen molar-refractivity contribution in [2.75, 3.05) is 31.2 Å². The number of hydrogen-bond donors (Lipinski definition) is 1. The van der Waals surface area contributed by atoms with Gasteiger partial charge in [0.05, 0.1) is 25.0 Å². The molecule has 0 atom stereocenters. The molecule has 6 heteroatoms. The second-order valence-electron chi connectivity index (χ2n) is 3.23. The van der Waals surface area contributed by atoms with E-state index in [1.807, 2.05) is 0 Å². The van der Waals surface area contributed by atoms with Gasteiger partial charge in [0.1, 0.15) is 4.99 Å². The fourth-order valence-electron chi connectivity index (χ4n) is 1.53. The Hall–Kier alpha value is -1.27. The SMILES string of the molecule is NC(=S)c1ccnnc1N1CCOCC1. The van der Waals surface area contributed by atoms with Crippen LogP contribution >= 0.6 is 12.2 Å². The third-order valence-corrected chi connectivity index (χ3v) is 2.50. The lowest BCUT2D eigenvalue weighted by molar-refractivity contribution is 0.122. The van der Waals surface area contributed by atoms with E-state index in [0.717, 1.165) is 24.5 Å². The quantitative estimate of drug-likeness (QED) is 0.710. The highest BCUT2D eigenvalue weighted by molar-refractivity contribution is 7.80. The minimum atomic E-state index is 0.353. The van der Waals surface area contributed by atoms with Crippen molar-refractivity contribution in [3.8, 4) is 0 Å². The van der Waals surface area contributed by atoms with Crippen molar-refractivity contribution >= 4 is 23.0 Å². The first kappa shape index (κ1) is 10.3. The van der Waals surface area contributed by atoms with Gasteiger partial charge in [-0.25, -0.2) is 0 Å². The third kappa shape index (κ3) is 2.21. The normalized spacial score (nSPS) is 16.4. The molecule has 0 amide bonds. The van der Waals surface area contributed by atoms with Crippen LogP contribution in [0.4, 0.5) is 5.82 Å². The lowest BCUT2D eigenvalue weighted by Crippen LogP contribution is -2.38. The molecular formula is C9H12N4OS. The van der Waals surface area contributed by atoms with Crippen molar-refractivity contribution in [2.45, 2.75) is 0 Å². The lowest BCUT2D eigenvalue weighted by atomic mass is 10.2. The van der Waals surface area contributed by atoms with Gasteiger partial charge >= 0.3 is 0 Å². The first-order valence-corrected chi connectivity index (χ1v) is 5.14. The fourth-order valence-corrected chi connectivity index (χ4v) is 1.68. The summed E-state index contributed by atoms with van der Waals surface area (Å²) in [6.07, 6.45) is 1.60. The number of hydrogen-bond acceptors (Lipinski definition) is 5. The van der Waals surface area contributed by atoms with Crippen LogP contribution in [0.5, 0.6) is 0 Å². The highest BCUT2D eigenvalue weighted by Gasteiger charge is 2.17. The van der Waals surface area contributed by atoms with E-state index >= 15 is 0 Å². The summed E-state index contributed by atoms with van der Waals surface area (Å²) >= 11 is 4.97. The van der Waals surface area contributed by atoms with Crippen molar-refractivity contribution in [2.24, 2.45) is 5.73 Å². The van der Waals surface area contributed by atoms with E-state index in [-0.39, 0.29) is 0 Å². The Balaban J connectivity index is 2.29. The van der Waals surface area contributed by atoms with Crippen LogP contribution in [0.15, 0.2) is 12.3 Å². The summed E-state index contributed by atoms with van der Waals surface area (Å²) in [5, 5.41) is 7.93. The Morgan fingerprint density at radius 3 is 2.87 bits per heavy atom. The lowest BCUT2D eigenvalue weighted by Gasteiger charge is -2.28. The topological polar surface area (TPSA) is 64.3 Å². The maximum Gasteiger partial charge on any atom is 0.161 e. The maximum atomic E-state index is 5.63. The minimum Gasteiger partial charge on any atom is -0.389 e. The molecular weight excluding hydrogens is 212 g/mol. The van der Waals surface area contributed by atoms with Crippen LogP contribution in [0.3, 0.4) is 0 Å². The Bertz CT molecular complexity index is 365. The van der Waals surface area contributed by atoms with Crippen LogP contribution in [0.2, 0.25) is 0 Å². The molecule has 0 spiro atoms. The summed E-state index contributed by atoms with van der Waals surface area (Å²) in [7, 11) is 0. The van der Waals surface area contributed by atoms with Crippen LogP contribution < -0.4 is 10.6 Å². The summed E-state index contributed by atoms with van der Waals surface area (Å²) in [5.74, 6) is 0.758. The van der Waals surface area contributed by atoms with Gasteiger partial charge in [-0.05, 0) is 6.07 Å². The summed E-state index contributed by atoms with van der Waals surface area (Å²) in [6, 6.07) is 1.79. The number of nitrogens with two attached hydrogens (primary N) is 1. The second kappa shape index (κ2) is 4.50. The molecule has 80 valence electrons. The van der Waals surface area contributed by atoms with Crippen LogP contribution in [0, 0.1) is 0 Å². The molecule has 1 aliphatic heterocycles. The van der Waals surface area contributed by atoms with Crippen molar-refractivity contribution in [1.29, 1.82) is 0 Å². The number of anilines is 1. The van der Waals surface area contributed by atoms with E-state index in [1.165, 1.54) is 0 Å². The summed E-state index contributed by atoms with van der Waals surface area (Å²) in [6.45, 7) is 3.00. The van der Waals surface area contributed by atoms with Gasteiger partial charge in [-0.15, -0.1) is 5.10 Å². The van der Waals surface area contributed by atoms with E-state index in [2.05, 4.69) is 15.1 Å². The average Bonchev–Trinajstić information content (AvgIpc) is 2.30. The average molecular weight is 224 g/mol. The first-order chi connectivity index (χ1) is 7.29. The number of ether oxygens (including phenoxy) is 1. The molecule has 2 heterocycles. The van der Waals surface area contributed by atoms with Crippen LogP contribution in [-0.4, -0.2) is 41.5 Å². The van der Waals surface area contributed by atoms with Gasteiger partial charge in [0.15, 0.2) is 5.82 Å². The van der Waals surface area contributed by atoms with Crippen molar-refractivity contribution < 1.29 is 4.74 Å². The third-order valence-electron chi connectivity index (χ3n) is 2.28. The van der Waals surface area contributed by atoms with E-state index < -0.39 is 0 Å². The van der Waals surface area contributed by atoms with Crippen LogP contribution in [-0.2, 0) is 4.74 Å². The number of thiocarbonyl (C=S) groups is 1. The van der Waals surface area contributed by atoms with Gasteiger partial charge in [0.2, 0.25) is 0 Å². The van der Waals surface area contributed by atoms with Crippen LogP contribution in [0.1, 0.15) is 5.56 Å². The number of rotatable bonds is 2. The van der Waals surface area contributed by atoms with Gasteiger partial charge in [-0.2, -0.15) is 5.10 Å². The monoisotopic (exact) mass is 224 g/mol. The highest BCUT2D eigenvalue weighted by Crippen LogP contribution is 2.16. The molecule has 2 rings (SSSR count). The predicted octanol–water partition coefficient (Wildman–Crippen LogP) is -0.0526. The minimum absolute atomic E-state index is 0.353. The molecule has 0 unspecified atom stereocenters. The largest absolute Gasteiger partial charge is 0.389 e. The van der Waals surface area contributed by atoms with Gasteiger partial charge < -0.3 is 15.4 Å². The Morgan fingerprint density at radius 2 is 2.20 bits per heavy atom. The van der Waals surface area contributed by atoms with Crippen molar-refractivity contribution in [3.63, 3.8) is 0 Å². The van der Waals surface area contributed by atoms with Gasteiger partial charge in [-0.3, -0.25) is 0 Å². The maximum absolute atomic E-state index is 5.63. The van der Waals surface area contributed by atoms with Crippen molar-refractivity contribution in [3.05, 3.63) is 17.8 Å². The fraction of sp³-hybridized carbons (Fsp3) is 0.444. The molecule has 1 saturated heterocycles. The zero-order valence-electron chi connectivity index (χ0n) is 8.22.